The molecule has 0 spiro atoms. The van der Waals surface area contributed by atoms with Gasteiger partial charge in [-0.1, -0.05) is 38.6 Å². The summed E-state index contributed by atoms with van der Waals surface area (Å²) in [6.45, 7) is 8.09. The number of rotatable bonds is 4. The summed E-state index contributed by atoms with van der Waals surface area (Å²) < 4.78 is 11.2. The van der Waals surface area contributed by atoms with Gasteiger partial charge in [-0.3, -0.25) is 4.79 Å². The van der Waals surface area contributed by atoms with Crippen molar-refractivity contribution >= 4 is 5.78 Å². The quantitative estimate of drug-likeness (QED) is 0.837. The third-order valence-corrected chi connectivity index (χ3v) is 4.66. The number of ether oxygens (including phenoxy) is 2. The van der Waals surface area contributed by atoms with Gasteiger partial charge in [0.15, 0.2) is 5.78 Å². The first kappa shape index (κ1) is 17.8. The second-order valence-corrected chi connectivity index (χ2v) is 7.37. The van der Waals surface area contributed by atoms with Gasteiger partial charge in [0, 0.05) is 18.4 Å². The smallest absolute Gasteiger partial charge is 0.205 e. The van der Waals surface area contributed by atoms with Crippen LogP contribution in [0.15, 0.2) is 59.7 Å². The van der Waals surface area contributed by atoms with Crippen LogP contribution in [0.2, 0.25) is 0 Å². The molecule has 0 aromatic heterocycles. The monoisotopic (exact) mass is 350 g/mol. The van der Waals surface area contributed by atoms with E-state index < -0.39 is 5.92 Å². The Bertz CT molecular complexity index is 854. The Morgan fingerprint density at radius 2 is 2.08 bits per heavy atom. The summed E-state index contributed by atoms with van der Waals surface area (Å²) in [5.41, 5.74) is 7.46. The maximum Gasteiger partial charge on any atom is 0.205 e. The van der Waals surface area contributed by atoms with Crippen molar-refractivity contribution in [3.05, 3.63) is 65.3 Å². The molecule has 1 aliphatic carbocycles. The molecule has 2 N–H and O–H groups in total. The molecule has 0 fully saturated rings. The lowest BCUT2D eigenvalue weighted by Crippen LogP contribution is -2.33. The Kier molecular flexibility index (Phi) is 4.60. The highest BCUT2D eigenvalue weighted by atomic mass is 16.5. The van der Waals surface area contributed by atoms with E-state index in [-0.39, 0.29) is 22.7 Å². The molecule has 0 radical (unpaired) electrons. The van der Waals surface area contributed by atoms with Gasteiger partial charge in [-0.2, -0.15) is 5.26 Å². The average Bonchev–Trinajstić information content (AvgIpc) is 2.58. The van der Waals surface area contributed by atoms with Crippen molar-refractivity contribution < 1.29 is 14.3 Å². The summed E-state index contributed by atoms with van der Waals surface area (Å²) in [4.78, 5) is 12.9. The van der Waals surface area contributed by atoms with E-state index in [0.717, 1.165) is 5.56 Å². The van der Waals surface area contributed by atoms with E-state index in [1.165, 1.54) is 0 Å². The van der Waals surface area contributed by atoms with Gasteiger partial charge in [0.1, 0.15) is 29.8 Å². The van der Waals surface area contributed by atoms with Crippen molar-refractivity contribution in [2.24, 2.45) is 11.1 Å². The fourth-order valence-electron chi connectivity index (χ4n) is 3.53. The van der Waals surface area contributed by atoms with Gasteiger partial charge in [-0.25, -0.2) is 0 Å². The maximum atomic E-state index is 12.9. The third kappa shape index (κ3) is 3.23. The summed E-state index contributed by atoms with van der Waals surface area (Å²) in [5.74, 6) is 0.865. The molecule has 1 aliphatic heterocycles. The van der Waals surface area contributed by atoms with Crippen LogP contribution in [0.5, 0.6) is 5.75 Å². The van der Waals surface area contributed by atoms with Gasteiger partial charge < -0.3 is 15.2 Å². The molecular weight excluding hydrogens is 328 g/mol. The molecular formula is C21H22N2O3. The lowest BCUT2D eigenvalue weighted by molar-refractivity contribution is -0.119. The molecule has 1 aromatic rings. The van der Waals surface area contributed by atoms with Crippen LogP contribution in [-0.2, 0) is 9.53 Å². The minimum absolute atomic E-state index is 0.00786. The molecule has 26 heavy (non-hydrogen) atoms. The number of Topliss-reactive ketones (excluding diaryl/α,β-unsaturated/α-hetero) is 1. The molecule has 5 heteroatoms. The Labute approximate surface area is 153 Å². The second-order valence-electron chi connectivity index (χ2n) is 7.37. The number of allylic oxidation sites excluding steroid dienone is 3. The molecule has 0 bridgehead atoms. The SMILES string of the molecule is C=CCOc1ccc([C@H]2C(C#N)=C(N)OC3=C2C(=O)CC(C)(C)C3)cc1. The molecule has 0 saturated heterocycles. The van der Waals surface area contributed by atoms with Crippen molar-refractivity contribution in [1.82, 2.24) is 0 Å². The molecule has 3 rings (SSSR count). The van der Waals surface area contributed by atoms with E-state index in [2.05, 4.69) is 12.6 Å². The van der Waals surface area contributed by atoms with Crippen LogP contribution in [0, 0.1) is 16.7 Å². The maximum absolute atomic E-state index is 12.9. The molecule has 1 aromatic carbocycles. The van der Waals surface area contributed by atoms with Gasteiger partial charge in [-0.15, -0.1) is 0 Å². The Morgan fingerprint density at radius 3 is 2.69 bits per heavy atom. The van der Waals surface area contributed by atoms with Gasteiger partial charge in [0.05, 0.1) is 5.92 Å². The summed E-state index contributed by atoms with van der Waals surface area (Å²) in [5, 5.41) is 9.61. The van der Waals surface area contributed by atoms with Gasteiger partial charge in [0.2, 0.25) is 5.88 Å². The zero-order valence-corrected chi connectivity index (χ0v) is 15.0. The lowest BCUT2D eigenvalue weighted by Gasteiger charge is -2.37. The number of benzene rings is 1. The number of carbonyl (C=O) groups is 1. The lowest BCUT2D eigenvalue weighted by atomic mass is 9.70. The highest BCUT2D eigenvalue weighted by Gasteiger charge is 2.42. The van der Waals surface area contributed by atoms with Crippen LogP contribution in [0.4, 0.5) is 0 Å². The predicted octanol–water partition coefficient (Wildman–Crippen LogP) is 3.70. The largest absolute Gasteiger partial charge is 0.490 e. The number of nitrogens with zero attached hydrogens (tertiary/aromatic N) is 1. The minimum Gasteiger partial charge on any atom is -0.490 e. The summed E-state index contributed by atoms with van der Waals surface area (Å²) >= 11 is 0. The predicted molar refractivity (Wildman–Crippen MR) is 97.8 cm³/mol. The van der Waals surface area contributed by atoms with Crippen LogP contribution in [0.25, 0.3) is 0 Å². The first-order valence-electron chi connectivity index (χ1n) is 8.54. The van der Waals surface area contributed by atoms with Crippen molar-refractivity contribution in [3.63, 3.8) is 0 Å². The standard InChI is InChI=1S/C21H22N2O3/c1-4-9-25-14-7-5-13(6-8-14)18-15(12-22)20(23)26-17-11-21(2,3)10-16(24)19(17)18/h4-8,18H,1,9-11,23H2,2-3H3/t18-/m0/s1. The van der Waals surface area contributed by atoms with Crippen LogP contribution >= 0.6 is 0 Å². The summed E-state index contributed by atoms with van der Waals surface area (Å²) in [6.07, 6.45) is 2.71. The normalized spacial score (nSPS) is 21.6. The number of nitrogens with two attached hydrogens (primary N) is 1. The summed E-state index contributed by atoms with van der Waals surface area (Å²) in [7, 11) is 0. The van der Waals surface area contributed by atoms with Gasteiger partial charge in [-0.05, 0) is 23.1 Å². The number of ketones is 1. The molecule has 0 unspecified atom stereocenters. The molecule has 0 saturated carbocycles. The molecule has 1 heterocycles. The molecule has 2 aliphatic rings. The topological polar surface area (TPSA) is 85.3 Å². The first-order chi connectivity index (χ1) is 12.4. The average molecular weight is 350 g/mol. The highest BCUT2D eigenvalue weighted by molar-refractivity contribution is 6.00. The number of hydrogen-bond acceptors (Lipinski definition) is 5. The molecule has 134 valence electrons. The fraction of sp³-hybridized carbons (Fsp3) is 0.333. The highest BCUT2D eigenvalue weighted by Crippen LogP contribution is 2.47. The van der Waals surface area contributed by atoms with Crippen molar-refractivity contribution in [1.29, 1.82) is 5.26 Å². The second kappa shape index (κ2) is 6.72. The van der Waals surface area contributed by atoms with E-state index in [4.69, 9.17) is 15.2 Å². The number of nitriles is 1. The Hall–Kier alpha value is -3.00. The van der Waals surface area contributed by atoms with Crippen molar-refractivity contribution in [3.8, 4) is 11.8 Å². The Morgan fingerprint density at radius 1 is 1.38 bits per heavy atom. The first-order valence-corrected chi connectivity index (χ1v) is 8.54. The zero-order chi connectivity index (χ0) is 18.9. The van der Waals surface area contributed by atoms with E-state index in [1.54, 1.807) is 6.08 Å². The van der Waals surface area contributed by atoms with Crippen molar-refractivity contribution in [2.75, 3.05) is 6.61 Å². The Balaban J connectivity index is 2.05. The van der Waals surface area contributed by atoms with Crippen LogP contribution in [0.3, 0.4) is 0 Å². The van der Waals surface area contributed by atoms with Crippen LogP contribution in [0.1, 0.15) is 38.2 Å². The minimum atomic E-state index is -0.499. The third-order valence-electron chi connectivity index (χ3n) is 4.66. The zero-order valence-electron chi connectivity index (χ0n) is 15.0. The summed E-state index contributed by atoms with van der Waals surface area (Å²) in [6, 6.07) is 9.47. The molecule has 0 amide bonds. The molecule has 5 nitrogen and oxygen atoms in total. The van der Waals surface area contributed by atoms with Crippen LogP contribution < -0.4 is 10.5 Å². The number of hydrogen-bond donors (Lipinski definition) is 1. The van der Waals surface area contributed by atoms with Crippen molar-refractivity contribution in [2.45, 2.75) is 32.6 Å². The van der Waals surface area contributed by atoms with E-state index in [1.807, 2.05) is 38.1 Å². The van der Waals surface area contributed by atoms with Gasteiger partial charge in [0.25, 0.3) is 0 Å². The van der Waals surface area contributed by atoms with Gasteiger partial charge >= 0.3 is 0 Å². The molecule has 1 atom stereocenters. The fourth-order valence-corrected chi connectivity index (χ4v) is 3.53. The number of carbonyl (C=O) groups excluding carboxylic acids is 1. The van der Waals surface area contributed by atoms with E-state index in [0.29, 0.717) is 36.5 Å². The van der Waals surface area contributed by atoms with E-state index >= 15 is 0 Å². The van der Waals surface area contributed by atoms with Crippen LogP contribution in [-0.4, -0.2) is 12.4 Å². The van der Waals surface area contributed by atoms with E-state index in [9.17, 15) is 10.1 Å².